The van der Waals surface area contributed by atoms with Crippen molar-refractivity contribution in [2.24, 2.45) is 0 Å². The number of pyridine rings is 1. The monoisotopic (exact) mass is 308 g/mol. The third kappa shape index (κ3) is 3.96. The van der Waals surface area contributed by atoms with Crippen molar-refractivity contribution >= 4 is 11.7 Å². The standard InChI is InChI=1S/C16H21FN2O3/c1-16(2,3)22-15(20)19-9-7-11(8-10-19)13-6-5-12(17)14(18-13)21-4/h5-7H,8-10H2,1-4H3. The van der Waals surface area contributed by atoms with E-state index in [1.54, 1.807) is 11.0 Å². The van der Waals surface area contributed by atoms with Crippen LogP contribution in [0.15, 0.2) is 18.2 Å². The summed E-state index contributed by atoms with van der Waals surface area (Å²) >= 11 is 0. The molecule has 120 valence electrons. The zero-order valence-electron chi connectivity index (χ0n) is 13.4. The highest BCUT2D eigenvalue weighted by Gasteiger charge is 2.24. The maximum absolute atomic E-state index is 13.4. The molecule has 0 aliphatic carbocycles. The molecule has 0 aromatic carbocycles. The molecule has 0 fully saturated rings. The first-order chi connectivity index (χ1) is 10.3. The summed E-state index contributed by atoms with van der Waals surface area (Å²) in [7, 11) is 1.38. The molecule has 2 heterocycles. The number of hydrogen-bond acceptors (Lipinski definition) is 4. The van der Waals surface area contributed by atoms with Crippen molar-refractivity contribution in [3.05, 3.63) is 29.7 Å². The summed E-state index contributed by atoms with van der Waals surface area (Å²) in [5.74, 6) is -0.508. The first-order valence-corrected chi connectivity index (χ1v) is 7.18. The van der Waals surface area contributed by atoms with E-state index in [0.29, 0.717) is 25.2 Å². The van der Waals surface area contributed by atoms with Crippen LogP contribution in [0.25, 0.3) is 5.57 Å². The molecule has 0 bridgehead atoms. The predicted molar refractivity (Wildman–Crippen MR) is 81.1 cm³/mol. The van der Waals surface area contributed by atoms with Gasteiger partial charge >= 0.3 is 6.09 Å². The van der Waals surface area contributed by atoms with Crippen LogP contribution in [-0.4, -0.2) is 41.8 Å². The largest absolute Gasteiger partial charge is 0.479 e. The smallest absolute Gasteiger partial charge is 0.410 e. The minimum absolute atomic E-state index is 0.0204. The van der Waals surface area contributed by atoms with Crippen LogP contribution in [0, 0.1) is 5.82 Å². The van der Waals surface area contributed by atoms with E-state index < -0.39 is 11.4 Å². The van der Waals surface area contributed by atoms with Gasteiger partial charge in [-0.1, -0.05) is 6.08 Å². The van der Waals surface area contributed by atoms with Gasteiger partial charge in [-0.15, -0.1) is 0 Å². The highest BCUT2D eigenvalue weighted by atomic mass is 19.1. The van der Waals surface area contributed by atoms with Crippen molar-refractivity contribution in [3.63, 3.8) is 0 Å². The summed E-state index contributed by atoms with van der Waals surface area (Å²) in [4.78, 5) is 17.8. The molecule has 0 saturated heterocycles. The van der Waals surface area contributed by atoms with E-state index in [9.17, 15) is 9.18 Å². The quantitative estimate of drug-likeness (QED) is 0.841. The minimum Gasteiger partial charge on any atom is -0.479 e. The van der Waals surface area contributed by atoms with Gasteiger partial charge in [-0.3, -0.25) is 0 Å². The molecule has 0 unspecified atom stereocenters. The summed E-state index contributed by atoms with van der Waals surface area (Å²) < 4.78 is 23.6. The molecule has 0 saturated carbocycles. The number of carbonyl (C=O) groups is 1. The number of aromatic nitrogens is 1. The Labute approximate surface area is 129 Å². The number of methoxy groups -OCH3 is 1. The van der Waals surface area contributed by atoms with Crippen molar-refractivity contribution in [1.82, 2.24) is 9.88 Å². The van der Waals surface area contributed by atoms with Crippen LogP contribution in [0.1, 0.15) is 32.9 Å². The fourth-order valence-corrected chi connectivity index (χ4v) is 2.14. The van der Waals surface area contributed by atoms with Crippen molar-refractivity contribution in [3.8, 4) is 5.88 Å². The fourth-order valence-electron chi connectivity index (χ4n) is 2.14. The number of hydrogen-bond donors (Lipinski definition) is 0. The van der Waals surface area contributed by atoms with E-state index in [2.05, 4.69) is 4.98 Å². The summed E-state index contributed by atoms with van der Waals surface area (Å²) in [5.41, 5.74) is 1.13. The van der Waals surface area contributed by atoms with Crippen LogP contribution >= 0.6 is 0 Å². The molecule has 1 aromatic heterocycles. The second-order valence-electron chi connectivity index (χ2n) is 6.09. The van der Waals surface area contributed by atoms with Gasteiger partial charge in [0.1, 0.15) is 5.60 Å². The van der Waals surface area contributed by atoms with Gasteiger partial charge in [-0.2, -0.15) is 0 Å². The number of nitrogens with zero attached hydrogens (tertiary/aromatic N) is 2. The lowest BCUT2D eigenvalue weighted by molar-refractivity contribution is 0.0270. The van der Waals surface area contributed by atoms with E-state index >= 15 is 0 Å². The lowest BCUT2D eigenvalue weighted by atomic mass is 10.0. The molecule has 1 aliphatic rings. The van der Waals surface area contributed by atoms with Crippen LogP contribution in [0.5, 0.6) is 5.88 Å². The van der Waals surface area contributed by atoms with Crippen LogP contribution in [-0.2, 0) is 4.74 Å². The van der Waals surface area contributed by atoms with Gasteiger partial charge in [0.15, 0.2) is 5.82 Å². The third-order valence-corrected chi connectivity index (χ3v) is 3.20. The van der Waals surface area contributed by atoms with Crippen LogP contribution in [0.2, 0.25) is 0 Å². The lowest BCUT2D eigenvalue weighted by Crippen LogP contribution is -2.39. The number of ether oxygens (including phenoxy) is 2. The number of rotatable bonds is 2. The van der Waals surface area contributed by atoms with Gasteiger partial charge in [0.25, 0.3) is 5.88 Å². The highest BCUT2D eigenvalue weighted by molar-refractivity contribution is 5.72. The Morgan fingerprint density at radius 1 is 1.36 bits per heavy atom. The summed E-state index contributed by atoms with van der Waals surface area (Å²) in [6, 6.07) is 2.95. The van der Waals surface area contributed by atoms with Crippen molar-refractivity contribution in [1.29, 1.82) is 0 Å². The number of carbonyl (C=O) groups excluding carboxylic acids is 1. The lowest BCUT2D eigenvalue weighted by Gasteiger charge is -2.29. The molecule has 0 radical (unpaired) electrons. The molecule has 0 N–H and O–H groups in total. The second-order valence-corrected chi connectivity index (χ2v) is 6.09. The first kappa shape index (κ1) is 16.3. The van der Waals surface area contributed by atoms with Crippen molar-refractivity contribution in [2.75, 3.05) is 20.2 Å². The van der Waals surface area contributed by atoms with Gasteiger partial charge in [0.2, 0.25) is 0 Å². The topological polar surface area (TPSA) is 51.7 Å². The van der Waals surface area contributed by atoms with Gasteiger partial charge in [-0.25, -0.2) is 14.2 Å². The molecule has 1 aromatic rings. The Morgan fingerprint density at radius 2 is 2.09 bits per heavy atom. The van der Waals surface area contributed by atoms with Crippen LogP contribution in [0.4, 0.5) is 9.18 Å². The van der Waals surface area contributed by atoms with E-state index in [-0.39, 0.29) is 12.0 Å². The van der Waals surface area contributed by atoms with Crippen LogP contribution < -0.4 is 4.74 Å². The Morgan fingerprint density at radius 3 is 2.64 bits per heavy atom. The molecule has 0 atom stereocenters. The van der Waals surface area contributed by atoms with Gasteiger partial charge in [0, 0.05) is 13.1 Å². The Hall–Kier alpha value is -2.11. The maximum Gasteiger partial charge on any atom is 0.410 e. The zero-order chi connectivity index (χ0) is 16.3. The van der Waals surface area contributed by atoms with Crippen molar-refractivity contribution < 1.29 is 18.7 Å². The van der Waals surface area contributed by atoms with Crippen molar-refractivity contribution in [2.45, 2.75) is 32.8 Å². The third-order valence-electron chi connectivity index (χ3n) is 3.20. The second kappa shape index (κ2) is 6.34. The Bertz CT molecular complexity index is 594. The normalized spacial score (nSPS) is 15.3. The minimum atomic E-state index is -0.507. The molecular weight excluding hydrogens is 287 g/mol. The number of amides is 1. The Kier molecular flexibility index (Phi) is 4.68. The SMILES string of the molecule is COc1nc(C2=CCN(C(=O)OC(C)(C)C)CC2)ccc1F. The van der Waals surface area contributed by atoms with E-state index in [4.69, 9.17) is 9.47 Å². The fraction of sp³-hybridized carbons (Fsp3) is 0.500. The molecule has 1 aliphatic heterocycles. The molecule has 2 rings (SSSR count). The van der Waals surface area contributed by atoms with E-state index in [1.165, 1.54) is 13.2 Å². The van der Waals surface area contributed by atoms with E-state index in [0.717, 1.165) is 5.57 Å². The van der Waals surface area contributed by atoms with E-state index in [1.807, 2.05) is 26.8 Å². The molecule has 22 heavy (non-hydrogen) atoms. The summed E-state index contributed by atoms with van der Waals surface area (Å²) in [6.07, 6.45) is 2.22. The van der Waals surface area contributed by atoms with Gasteiger partial charge in [0.05, 0.1) is 12.8 Å². The highest BCUT2D eigenvalue weighted by Crippen LogP contribution is 2.24. The average Bonchev–Trinajstić information content (AvgIpc) is 2.46. The Balaban J connectivity index is 2.07. The average molecular weight is 308 g/mol. The molecule has 0 spiro atoms. The van der Waals surface area contributed by atoms with Gasteiger partial charge in [-0.05, 0) is 44.9 Å². The van der Waals surface area contributed by atoms with Crippen LogP contribution in [0.3, 0.4) is 0 Å². The molecule has 5 nitrogen and oxygen atoms in total. The molecule has 6 heteroatoms. The molecular formula is C16H21FN2O3. The summed E-state index contributed by atoms with van der Waals surface area (Å²) in [5, 5.41) is 0. The maximum atomic E-state index is 13.4. The first-order valence-electron chi connectivity index (χ1n) is 7.18. The summed E-state index contributed by atoms with van der Waals surface area (Å²) in [6.45, 7) is 6.51. The molecule has 1 amide bonds. The number of halogens is 1. The predicted octanol–water partition coefficient (Wildman–Crippen LogP) is 3.25. The zero-order valence-corrected chi connectivity index (χ0v) is 13.4. The van der Waals surface area contributed by atoms with Gasteiger partial charge < -0.3 is 14.4 Å².